The van der Waals surface area contributed by atoms with Gasteiger partial charge in [0.15, 0.2) is 0 Å². The molecule has 0 bridgehead atoms. The van der Waals surface area contributed by atoms with Crippen molar-refractivity contribution >= 4 is 0 Å². The van der Waals surface area contributed by atoms with Crippen molar-refractivity contribution in [3.8, 4) is 0 Å². The highest BCUT2D eigenvalue weighted by Gasteiger charge is 2.69. The Morgan fingerprint density at radius 1 is 0.931 bits per heavy atom. The van der Waals surface area contributed by atoms with Crippen molar-refractivity contribution in [2.45, 2.75) is 94.9 Å². The van der Waals surface area contributed by atoms with E-state index in [2.05, 4.69) is 13.8 Å². The summed E-state index contributed by atoms with van der Waals surface area (Å²) in [4.78, 5) is 11.4. The van der Waals surface area contributed by atoms with Gasteiger partial charge in [-0.25, -0.2) is 4.79 Å². The van der Waals surface area contributed by atoms with Crippen LogP contribution in [0.5, 0.6) is 0 Å². The maximum Gasteiger partial charge on any atom is 0.335 e. The molecule has 0 aromatic carbocycles. The van der Waals surface area contributed by atoms with Crippen LogP contribution in [0.15, 0.2) is 27.6 Å². The van der Waals surface area contributed by atoms with Crippen LogP contribution in [0.3, 0.4) is 0 Å². The SMILES string of the molecule is C[C@@]12CC[C@H](O)C[C@@]1(O)CC[C@H]1[C@H]2CC[C@@]2(C)[C@H](c3ccc(=O)oc3)CC[C@]12O. The monoisotopic (exact) mass is 402 g/mol. The normalized spacial score (nSPS) is 51.8. The van der Waals surface area contributed by atoms with E-state index in [0.717, 1.165) is 50.5 Å². The Morgan fingerprint density at radius 3 is 2.38 bits per heavy atom. The molecule has 5 nitrogen and oxygen atoms in total. The maximum absolute atomic E-state index is 12.2. The zero-order valence-electron chi connectivity index (χ0n) is 17.6. The first-order valence-corrected chi connectivity index (χ1v) is 11.3. The molecule has 1 aromatic heterocycles. The van der Waals surface area contributed by atoms with E-state index in [4.69, 9.17) is 4.42 Å². The number of fused-ring (bicyclic) bond motifs is 5. The average molecular weight is 403 g/mol. The molecule has 4 aliphatic carbocycles. The van der Waals surface area contributed by atoms with Crippen LogP contribution in [-0.4, -0.2) is 32.6 Å². The molecular weight excluding hydrogens is 368 g/mol. The molecule has 0 radical (unpaired) electrons. The number of aliphatic hydroxyl groups is 3. The van der Waals surface area contributed by atoms with Gasteiger partial charge in [-0.2, -0.15) is 0 Å². The molecule has 160 valence electrons. The van der Waals surface area contributed by atoms with Crippen molar-refractivity contribution in [2.75, 3.05) is 0 Å². The standard InChI is InChI=1S/C24H34O5/c1-21-9-5-16(25)13-23(21,27)11-7-19-18(21)6-10-22(2)17(8-12-24(19,22)28)15-3-4-20(26)29-14-15/h3-4,14,16-19,25,27-28H,5-13H2,1-2H3/t16-,17-,18+,19-,21-,22-,23-,24-/m0/s1. The summed E-state index contributed by atoms with van der Waals surface area (Å²) in [5.74, 6) is 0.626. The van der Waals surface area contributed by atoms with Crippen LogP contribution in [0, 0.1) is 22.7 Å². The molecule has 8 atom stereocenters. The third-order valence-electron chi connectivity index (χ3n) is 10.1. The summed E-state index contributed by atoms with van der Waals surface area (Å²) >= 11 is 0. The molecule has 1 heterocycles. The van der Waals surface area contributed by atoms with Gasteiger partial charge in [0, 0.05) is 17.9 Å². The van der Waals surface area contributed by atoms with E-state index in [9.17, 15) is 20.1 Å². The van der Waals surface area contributed by atoms with Crippen LogP contribution in [0.2, 0.25) is 0 Å². The Morgan fingerprint density at radius 2 is 1.66 bits per heavy atom. The smallest absolute Gasteiger partial charge is 0.335 e. The molecule has 3 N–H and O–H groups in total. The fourth-order valence-electron chi connectivity index (χ4n) is 8.30. The molecule has 4 fully saturated rings. The molecule has 4 saturated carbocycles. The van der Waals surface area contributed by atoms with Gasteiger partial charge in [0.25, 0.3) is 0 Å². The van der Waals surface area contributed by atoms with E-state index in [0.29, 0.717) is 12.8 Å². The van der Waals surface area contributed by atoms with E-state index in [1.165, 1.54) is 6.07 Å². The highest BCUT2D eigenvalue weighted by Crippen LogP contribution is 2.71. The van der Waals surface area contributed by atoms with Gasteiger partial charge in [-0.15, -0.1) is 0 Å². The summed E-state index contributed by atoms with van der Waals surface area (Å²) in [6, 6.07) is 3.35. The maximum atomic E-state index is 12.2. The second kappa shape index (κ2) is 6.18. The van der Waals surface area contributed by atoms with Gasteiger partial charge in [0.1, 0.15) is 0 Å². The van der Waals surface area contributed by atoms with E-state index in [1.54, 1.807) is 6.26 Å². The Hall–Kier alpha value is -1.17. The van der Waals surface area contributed by atoms with Crippen LogP contribution >= 0.6 is 0 Å². The Kier molecular flexibility index (Phi) is 4.21. The highest BCUT2D eigenvalue weighted by molar-refractivity contribution is 5.27. The average Bonchev–Trinajstić information content (AvgIpc) is 2.95. The molecule has 0 unspecified atom stereocenters. The second-order valence-corrected chi connectivity index (χ2v) is 11.0. The summed E-state index contributed by atoms with van der Waals surface area (Å²) in [6.45, 7) is 4.43. The molecule has 0 aliphatic heterocycles. The number of rotatable bonds is 1. The first kappa shape index (κ1) is 19.8. The van der Waals surface area contributed by atoms with Gasteiger partial charge >= 0.3 is 5.63 Å². The van der Waals surface area contributed by atoms with Crippen molar-refractivity contribution < 1.29 is 19.7 Å². The zero-order valence-corrected chi connectivity index (χ0v) is 17.6. The lowest BCUT2D eigenvalue weighted by molar-refractivity contribution is -0.253. The lowest BCUT2D eigenvalue weighted by Crippen LogP contribution is -2.67. The van der Waals surface area contributed by atoms with Crippen LogP contribution in [-0.2, 0) is 0 Å². The molecule has 29 heavy (non-hydrogen) atoms. The second-order valence-electron chi connectivity index (χ2n) is 11.0. The number of hydrogen-bond acceptors (Lipinski definition) is 5. The third-order valence-corrected chi connectivity index (χ3v) is 10.1. The number of hydrogen-bond donors (Lipinski definition) is 3. The fourth-order valence-corrected chi connectivity index (χ4v) is 8.30. The topological polar surface area (TPSA) is 90.9 Å². The third kappa shape index (κ3) is 2.47. The minimum absolute atomic E-state index is 0.169. The molecule has 0 saturated heterocycles. The predicted octanol–water partition coefficient (Wildman–Crippen LogP) is 3.36. The first-order chi connectivity index (χ1) is 13.6. The fraction of sp³-hybridized carbons (Fsp3) is 0.792. The van der Waals surface area contributed by atoms with Crippen molar-refractivity contribution in [2.24, 2.45) is 22.7 Å². The van der Waals surface area contributed by atoms with Gasteiger partial charge in [-0.1, -0.05) is 13.8 Å². The lowest BCUT2D eigenvalue weighted by atomic mass is 9.42. The lowest BCUT2D eigenvalue weighted by Gasteiger charge is -2.66. The molecule has 5 heteroatoms. The molecular formula is C24H34O5. The summed E-state index contributed by atoms with van der Waals surface area (Å²) in [7, 11) is 0. The summed E-state index contributed by atoms with van der Waals surface area (Å²) in [5, 5.41) is 33.9. The van der Waals surface area contributed by atoms with Crippen LogP contribution in [0.25, 0.3) is 0 Å². The van der Waals surface area contributed by atoms with Crippen molar-refractivity contribution in [3.63, 3.8) is 0 Å². The molecule has 1 aromatic rings. The summed E-state index contributed by atoms with van der Waals surface area (Å²) in [6.07, 6.45) is 8.22. The van der Waals surface area contributed by atoms with E-state index in [1.807, 2.05) is 6.07 Å². The Balaban J connectivity index is 1.50. The summed E-state index contributed by atoms with van der Waals surface area (Å²) < 4.78 is 5.15. The van der Waals surface area contributed by atoms with E-state index < -0.39 is 17.3 Å². The van der Waals surface area contributed by atoms with Crippen LogP contribution < -0.4 is 5.63 Å². The minimum atomic E-state index is -0.823. The number of aliphatic hydroxyl groups excluding tert-OH is 1. The molecule has 0 spiro atoms. The Labute approximate surface area is 172 Å². The van der Waals surface area contributed by atoms with Crippen molar-refractivity contribution in [1.29, 1.82) is 0 Å². The van der Waals surface area contributed by atoms with Gasteiger partial charge in [-0.05, 0) is 86.2 Å². The molecule has 0 amide bonds. The van der Waals surface area contributed by atoms with Crippen LogP contribution in [0.4, 0.5) is 0 Å². The quantitative estimate of drug-likeness (QED) is 0.670. The zero-order chi connectivity index (χ0) is 20.7. The molecule has 5 rings (SSSR count). The van der Waals surface area contributed by atoms with Crippen molar-refractivity contribution in [3.05, 3.63) is 34.4 Å². The van der Waals surface area contributed by atoms with Crippen molar-refractivity contribution in [1.82, 2.24) is 0 Å². The van der Waals surface area contributed by atoms with E-state index in [-0.39, 0.29) is 34.2 Å². The van der Waals surface area contributed by atoms with Gasteiger partial charge < -0.3 is 19.7 Å². The largest absolute Gasteiger partial charge is 0.431 e. The van der Waals surface area contributed by atoms with Crippen LogP contribution in [0.1, 0.15) is 83.1 Å². The van der Waals surface area contributed by atoms with Gasteiger partial charge in [0.05, 0.1) is 23.6 Å². The Bertz CT molecular complexity index is 845. The van der Waals surface area contributed by atoms with Gasteiger partial charge in [0.2, 0.25) is 0 Å². The first-order valence-electron chi connectivity index (χ1n) is 11.3. The predicted molar refractivity (Wildman–Crippen MR) is 108 cm³/mol. The molecule has 4 aliphatic rings. The summed E-state index contributed by atoms with van der Waals surface area (Å²) in [5.41, 5.74) is -1.41. The highest BCUT2D eigenvalue weighted by atomic mass is 16.4. The van der Waals surface area contributed by atoms with Gasteiger partial charge in [-0.3, -0.25) is 0 Å². The minimum Gasteiger partial charge on any atom is -0.431 e. The van der Waals surface area contributed by atoms with E-state index >= 15 is 0 Å².